The summed E-state index contributed by atoms with van der Waals surface area (Å²) >= 11 is 0. The molecule has 1 heterocycles. The second-order valence-electron chi connectivity index (χ2n) is 5.32. The highest BCUT2D eigenvalue weighted by molar-refractivity contribution is 5.89. The van der Waals surface area contributed by atoms with Crippen LogP contribution in [0.1, 0.15) is 13.0 Å². The van der Waals surface area contributed by atoms with Gasteiger partial charge in [0, 0.05) is 30.5 Å². The maximum Gasteiger partial charge on any atom is 0.0629 e. The maximum absolute atomic E-state index is 4.47. The predicted octanol–water partition coefficient (Wildman–Crippen LogP) is 6.13. The quantitative estimate of drug-likeness (QED) is 0.432. The number of para-hydroxylation sites is 2. The standard InChI is InChI=1S/C22H19N3.CH4/c1-3-7-21(8-4-1)24-17-13-20(19-11-15-23-16-12-19)14-18-25-22-9-5-2-6-10-22;/h1-18,24H;1H4/b17-13+,20-14-,25-18?;. The Morgan fingerprint density at radius 3 is 2.19 bits per heavy atom. The number of aromatic nitrogens is 1. The second-order valence-corrected chi connectivity index (χ2v) is 5.32. The summed E-state index contributed by atoms with van der Waals surface area (Å²) in [6.45, 7) is 0. The number of nitrogens with one attached hydrogen (secondary N) is 1. The smallest absolute Gasteiger partial charge is 0.0629 e. The topological polar surface area (TPSA) is 37.3 Å². The molecule has 0 saturated heterocycles. The fraction of sp³-hybridized carbons (Fsp3) is 0.0435. The van der Waals surface area contributed by atoms with Gasteiger partial charge in [0.1, 0.15) is 0 Å². The van der Waals surface area contributed by atoms with E-state index < -0.39 is 0 Å². The monoisotopic (exact) mass is 341 g/mol. The normalized spacial score (nSPS) is 11.5. The zero-order chi connectivity index (χ0) is 17.2. The number of hydrogen-bond donors (Lipinski definition) is 1. The van der Waals surface area contributed by atoms with E-state index in [1.54, 1.807) is 12.4 Å². The van der Waals surface area contributed by atoms with Crippen molar-refractivity contribution in [3.8, 4) is 0 Å². The van der Waals surface area contributed by atoms with Crippen LogP contribution in [0.25, 0.3) is 5.57 Å². The minimum atomic E-state index is 0. The summed E-state index contributed by atoms with van der Waals surface area (Å²) < 4.78 is 0. The van der Waals surface area contributed by atoms with E-state index >= 15 is 0 Å². The Labute approximate surface area is 155 Å². The van der Waals surface area contributed by atoms with Crippen molar-refractivity contribution in [1.29, 1.82) is 0 Å². The summed E-state index contributed by atoms with van der Waals surface area (Å²) in [5.74, 6) is 0. The van der Waals surface area contributed by atoms with Gasteiger partial charge in [0.05, 0.1) is 5.69 Å². The van der Waals surface area contributed by atoms with Crippen LogP contribution in [0.3, 0.4) is 0 Å². The van der Waals surface area contributed by atoms with Crippen LogP contribution in [0.5, 0.6) is 0 Å². The Morgan fingerprint density at radius 2 is 1.50 bits per heavy atom. The van der Waals surface area contributed by atoms with Crippen molar-refractivity contribution < 1.29 is 0 Å². The number of rotatable bonds is 6. The van der Waals surface area contributed by atoms with Gasteiger partial charge in [-0.3, -0.25) is 9.98 Å². The molecule has 0 bridgehead atoms. The van der Waals surface area contributed by atoms with Crippen LogP contribution in [0, 0.1) is 0 Å². The number of hydrogen-bond acceptors (Lipinski definition) is 3. The molecule has 0 fully saturated rings. The molecule has 3 rings (SSSR count). The van der Waals surface area contributed by atoms with Crippen molar-refractivity contribution in [3.63, 3.8) is 0 Å². The van der Waals surface area contributed by atoms with E-state index in [1.165, 1.54) is 0 Å². The van der Waals surface area contributed by atoms with Crippen LogP contribution in [-0.2, 0) is 0 Å². The summed E-state index contributed by atoms with van der Waals surface area (Å²) in [6.07, 6.45) is 11.3. The lowest BCUT2D eigenvalue weighted by Crippen LogP contribution is -1.88. The first-order chi connectivity index (χ1) is 12.4. The first-order valence-electron chi connectivity index (χ1n) is 8.10. The largest absolute Gasteiger partial charge is 0.362 e. The lowest BCUT2D eigenvalue weighted by atomic mass is 10.1. The average molecular weight is 341 g/mol. The molecular formula is C23H23N3. The van der Waals surface area contributed by atoms with Crippen LogP contribution >= 0.6 is 0 Å². The van der Waals surface area contributed by atoms with Gasteiger partial charge in [-0.15, -0.1) is 0 Å². The molecule has 0 spiro atoms. The van der Waals surface area contributed by atoms with Gasteiger partial charge in [-0.1, -0.05) is 43.8 Å². The number of pyridine rings is 1. The predicted molar refractivity (Wildman–Crippen MR) is 113 cm³/mol. The van der Waals surface area contributed by atoms with Crippen LogP contribution in [0.4, 0.5) is 11.4 Å². The molecular weight excluding hydrogens is 318 g/mol. The highest BCUT2D eigenvalue weighted by Crippen LogP contribution is 2.16. The van der Waals surface area contributed by atoms with Crippen LogP contribution in [0.2, 0.25) is 0 Å². The summed E-state index contributed by atoms with van der Waals surface area (Å²) in [4.78, 5) is 8.55. The molecule has 0 unspecified atom stereocenters. The van der Waals surface area contributed by atoms with Gasteiger partial charge in [-0.25, -0.2) is 0 Å². The van der Waals surface area contributed by atoms with Gasteiger partial charge in [-0.05, 0) is 59.7 Å². The van der Waals surface area contributed by atoms with Gasteiger partial charge in [0.15, 0.2) is 0 Å². The van der Waals surface area contributed by atoms with E-state index in [4.69, 9.17) is 0 Å². The molecule has 1 N–H and O–H groups in total. The van der Waals surface area contributed by atoms with Crippen molar-refractivity contribution in [2.24, 2.45) is 4.99 Å². The summed E-state index contributed by atoms with van der Waals surface area (Å²) in [7, 11) is 0. The molecule has 3 heteroatoms. The van der Waals surface area contributed by atoms with Crippen molar-refractivity contribution in [1.82, 2.24) is 4.98 Å². The molecule has 0 amide bonds. The van der Waals surface area contributed by atoms with Gasteiger partial charge in [0.2, 0.25) is 0 Å². The first-order valence-corrected chi connectivity index (χ1v) is 8.10. The van der Waals surface area contributed by atoms with Gasteiger partial charge >= 0.3 is 0 Å². The SMILES string of the molecule is C.C(/C=C(/C=C/Nc1ccccc1)c1ccncc1)=Nc1ccccc1. The Hall–Kier alpha value is -3.46. The molecule has 130 valence electrons. The van der Waals surface area contributed by atoms with Crippen LogP contribution in [-0.4, -0.2) is 11.2 Å². The zero-order valence-electron chi connectivity index (χ0n) is 13.8. The van der Waals surface area contributed by atoms with Crippen LogP contribution in [0.15, 0.2) is 109 Å². The van der Waals surface area contributed by atoms with Crippen molar-refractivity contribution in [2.75, 3.05) is 5.32 Å². The van der Waals surface area contributed by atoms with E-state index in [-0.39, 0.29) is 7.43 Å². The zero-order valence-corrected chi connectivity index (χ0v) is 13.8. The molecule has 0 aliphatic heterocycles. The van der Waals surface area contributed by atoms with E-state index in [0.29, 0.717) is 0 Å². The lowest BCUT2D eigenvalue weighted by Gasteiger charge is -2.03. The molecule has 0 radical (unpaired) electrons. The molecule has 0 atom stereocenters. The fourth-order valence-electron chi connectivity index (χ4n) is 2.27. The highest BCUT2D eigenvalue weighted by Gasteiger charge is 1.96. The van der Waals surface area contributed by atoms with Crippen molar-refractivity contribution >= 4 is 23.2 Å². The molecule has 0 aliphatic rings. The van der Waals surface area contributed by atoms with E-state index in [2.05, 4.69) is 15.3 Å². The number of benzene rings is 2. The van der Waals surface area contributed by atoms with Crippen molar-refractivity contribution in [3.05, 3.63) is 109 Å². The van der Waals surface area contributed by atoms with Gasteiger partial charge < -0.3 is 5.32 Å². The Bertz CT molecular complexity index is 852. The summed E-state index contributed by atoms with van der Waals surface area (Å²) in [5.41, 5.74) is 4.11. The summed E-state index contributed by atoms with van der Waals surface area (Å²) in [5, 5.41) is 3.27. The minimum Gasteiger partial charge on any atom is -0.362 e. The second kappa shape index (κ2) is 10.4. The number of nitrogens with zero attached hydrogens (tertiary/aromatic N) is 2. The lowest BCUT2D eigenvalue weighted by molar-refractivity contribution is 1.32. The van der Waals surface area contributed by atoms with Gasteiger partial charge in [0.25, 0.3) is 0 Å². The molecule has 0 saturated carbocycles. The molecule has 26 heavy (non-hydrogen) atoms. The third kappa shape index (κ3) is 5.87. The van der Waals surface area contributed by atoms with Crippen molar-refractivity contribution in [2.45, 2.75) is 7.43 Å². The molecule has 1 aromatic heterocycles. The third-order valence-electron chi connectivity index (χ3n) is 3.53. The Morgan fingerprint density at radius 1 is 0.846 bits per heavy atom. The Kier molecular flexibility index (Phi) is 7.56. The molecule has 0 aliphatic carbocycles. The number of aliphatic imine (C=N–C) groups is 1. The number of anilines is 1. The fourth-order valence-corrected chi connectivity index (χ4v) is 2.27. The average Bonchev–Trinajstić information content (AvgIpc) is 2.69. The van der Waals surface area contributed by atoms with E-state index in [0.717, 1.165) is 22.5 Å². The maximum atomic E-state index is 4.47. The van der Waals surface area contributed by atoms with Gasteiger partial charge in [-0.2, -0.15) is 0 Å². The van der Waals surface area contributed by atoms with E-state index in [1.807, 2.05) is 97.4 Å². The van der Waals surface area contributed by atoms with Crippen LogP contribution < -0.4 is 5.32 Å². The Balaban J connectivity index is 0.00000243. The molecule has 3 aromatic rings. The third-order valence-corrected chi connectivity index (χ3v) is 3.53. The molecule has 3 nitrogen and oxygen atoms in total. The van der Waals surface area contributed by atoms with E-state index in [9.17, 15) is 0 Å². The molecule has 2 aromatic carbocycles. The number of allylic oxidation sites excluding steroid dienone is 3. The summed E-state index contributed by atoms with van der Waals surface area (Å²) in [6, 6.07) is 23.9. The minimum absolute atomic E-state index is 0. The first kappa shape index (κ1) is 18.9. The highest BCUT2D eigenvalue weighted by atomic mass is 14.8.